The molecule has 2 saturated carbocycles. The normalized spacial score (nSPS) is 24.3. The van der Waals surface area contributed by atoms with Crippen LogP contribution in [-0.4, -0.2) is 0 Å². The number of allylic oxidation sites excluding steroid dienone is 5. The van der Waals surface area contributed by atoms with Crippen molar-refractivity contribution in [2.24, 2.45) is 23.7 Å². The Labute approximate surface area is 190 Å². The van der Waals surface area contributed by atoms with E-state index in [0.29, 0.717) is 0 Å². The standard InChI is InChI=1S/C12H16.C9H18.CH4.2CH3.2ClH.Zr/c1-2-5-10-8-9-11-6-3-4-7-12(10)11;1-2-3-6-9-7-4-5-8-9;;;;;;/h2-4,6-7,10-12H,1,5,8-9H2;9H,2-8H2,1H3;1H4;2*1H3;2*1H;/q;;;2*-1;;;+4/p-2. The molecule has 27 heavy (non-hydrogen) atoms. The summed E-state index contributed by atoms with van der Waals surface area (Å²) in [5, 5.41) is 0. The van der Waals surface area contributed by atoms with Gasteiger partial charge in [-0.15, -0.1) is 6.58 Å². The van der Waals surface area contributed by atoms with Gasteiger partial charge in [-0.2, -0.15) is 0 Å². The molecule has 0 spiro atoms. The Bertz CT molecular complexity index is 373. The van der Waals surface area contributed by atoms with Crippen LogP contribution in [0.4, 0.5) is 0 Å². The van der Waals surface area contributed by atoms with Crippen LogP contribution in [0.3, 0.4) is 0 Å². The van der Waals surface area contributed by atoms with Crippen molar-refractivity contribution in [3.8, 4) is 0 Å². The molecule has 0 radical (unpaired) electrons. The van der Waals surface area contributed by atoms with E-state index >= 15 is 0 Å². The molecule has 0 N–H and O–H groups in total. The van der Waals surface area contributed by atoms with Crippen LogP contribution in [-0.2, 0) is 20.8 Å². The van der Waals surface area contributed by atoms with Crippen LogP contribution in [0.2, 0.25) is 0 Å². The van der Waals surface area contributed by atoms with E-state index in [1.165, 1.54) is 64.2 Å². The predicted molar refractivity (Wildman–Crippen MR) is 126 cm³/mol. The number of rotatable bonds is 5. The van der Waals surface area contributed by atoms with Gasteiger partial charge in [-0.1, -0.05) is 89.7 Å². The molecule has 3 atom stereocenters. The molecule has 0 bridgehead atoms. The first-order valence-corrected chi connectivity index (χ1v) is 16.0. The molecule has 3 heteroatoms. The van der Waals surface area contributed by atoms with Crippen LogP contribution in [0.1, 0.15) is 78.6 Å². The SMILES string of the molecule is C.C=CCC1CCC2C=CC=CC21.CCCCC1CCCC1.[CH3-].[CH3-].[Cl][Zr+2][Cl]. The summed E-state index contributed by atoms with van der Waals surface area (Å²) in [6.45, 7) is 6.11. The minimum atomic E-state index is -0.826. The predicted octanol–water partition coefficient (Wildman–Crippen LogP) is 9.61. The zero-order valence-corrected chi connectivity index (χ0v) is 21.2. The van der Waals surface area contributed by atoms with Gasteiger partial charge < -0.3 is 14.9 Å². The maximum atomic E-state index is 4.93. The van der Waals surface area contributed by atoms with Crippen LogP contribution in [0.5, 0.6) is 0 Å². The second-order valence-electron chi connectivity index (χ2n) is 7.24. The first-order chi connectivity index (χ1) is 11.8. The van der Waals surface area contributed by atoms with E-state index < -0.39 is 20.8 Å². The summed E-state index contributed by atoms with van der Waals surface area (Å²) in [6.07, 6.45) is 25.6. The molecule has 3 aliphatic carbocycles. The molecule has 0 aliphatic heterocycles. The third-order valence-corrected chi connectivity index (χ3v) is 5.62. The van der Waals surface area contributed by atoms with E-state index in [1.807, 2.05) is 0 Å². The van der Waals surface area contributed by atoms with Crippen LogP contribution in [0.25, 0.3) is 0 Å². The van der Waals surface area contributed by atoms with Gasteiger partial charge in [0.2, 0.25) is 0 Å². The first kappa shape index (κ1) is 32.4. The van der Waals surface area contributed by atoms with E-state index in [2.05, 4.69) is 43.9 Å². The maximum absolute atomic E-state index is 4.93. The third kappa shape index (κ3) is 13.5. The Morgan fingerprint density at radius 3 is 2.19 bits per heavy atom. The average molecular weight is 495 g/mol. The number of halogens is 2. The van der Waals surface area contributed by atoms with Crippen LogP contribution >= 0.6 is 17.0 Å². The Morgan fingerprint density at radius 1 is 1.04 bits per heavy atom. The quantitative estimate of drug-likeness (QED) is 0.264. The van der Waals surface area contributed by atoms with Crippen molar-refractivity contribution in [2.45, 2.75) is 78.6 Å². The van der Waals surface area contributed by atoms with E-state index in [9.17, 15) is 0 Å². The van der Waals surface area contributed by atoms with E-state index in [1.54, 1.807) is 0 Å². The van der Waals surface area contributed by atoms with Gasteiger partial charge in [-0.05, 0) is 42.9 Å². The Kier molecular flexibility index (Phi) is 25.6. The second kappa shape index (κ2) is 21.4. The van der Waals surface area contributed by atoms with Gasteiger partial charge in [-0.25, -0.2) is 0 Å². The van der Waals surface area contributed by atoms with Gasteiger partial charge in [-0.3, -0.25) is 0 Å². The number of unbranched alkanes of at least 4 members (excludes halogenated alkanes) is 1. The van der Waals surface area contributed by atoms with E-state index in [-0.39, 0.29) is 22.3 Å². The van der Waals surface area contributed by atoms with Crippen molar-refractivity contribution in [3.63, 3.8) is 0 Å². The molecule has 3 aliphatic rings. The summed E-state index contributed by atoms with van der Waals surface area (Å²) < 4.78 is 0. The second-order valence-corrected chi connectivity index (χ2v) is 11.0. The molecule has 0 saturated heterocycles. The van der Waals surface area contributed by atoms with Crippen LogP contribution < -0.4 is 0 Å². The van der Waals surface area contributed by atoms with Gasteiger partial charge in [0.25, 0.3) is 0 Å². The molecule has 2 fully saturated rings. The summed E-state index contributed by atoms with van der Waals surface area (Å²) in [5.74, 6) is 3.63. The van der Waals surface area contributed by atoms with Crippen molar-refractivity contribution < 1.29 is 20.8 Å². The topological polar surface area (TPSA) is 0 Å². The molecule has 0 aromatic rings. The van der Waals surface area contributed by atoms with Crippen molar-refractivity contribution >= 4 is 17.0 Å². The zero-order valence-electron chi connectivity index (χ0n) is 17.2. The summed E-state index contributed by atoms with van der Waals surface area (Å²) in [6, 6.07) is 0. The average Bonchev–Trinajstić information content (AvgIpc) is 3.25. The molecule has 0 nitrogen and oxygen atoms in total. The molecule has 0 heterocycles. The molecule has 158 valence electrons. The molecule has 3 unspecified atom stereocenters. The zero-order chi connectivity index (χ0) is 17.6. The van der Waals surface area contributed by atoms with Crippen molar-refractivity contribution in [2.75, 3.05) is 0 Å². The summed E-state index contributed by atoms with van der Waals surface area (Å²) >= 11 is -0.826. The monoisotopic (exact) mass is 492 g/mol. The van der Waals surface area contributed by atoms with E-state index in [4.69, 9.17) is 17.0 Å². The van der Waals surface area contributed by atoms with E-state index in [0.717, 1.165) is 23.7 Å². The molecule has 0 aromatic carbocycles. The number of hydrogen-bond donors (Lipinski definition) is 0. The van der Waals surface area contributed by atoms with Gasteiger partial charge >= 0.3 is 37.9 Å². The Balaban J connectivity index is -0.000000348. The fraction of sp³-hybridized carbons (Fsp3) is 0.667. The molecule has 0 aromatic heterocycles. The summed E-state index contributed by atoms with van der Waals surface area (Å²) in [4.78, 5) is 0. The molecular formula is C24H44Cl2Zr. The fourth-order valence-corrected chi connectivity index (χ4v) is 4.35. The van der Waals surface area contributed by atoms with Gasteiger partial charge in [0, 0.05) is 0 Å². The number of hydrogen-bond acceptors (Lipinski definition) is 0. The van der Waals surface area contributed by atoms with Gasteiger partial charge in [0.05, 0.1) is 0 Å². The number of fused-ring (bicyclic) bond motifs is 1. The molecular weight excluding hydrogens is 450 g/mol. The summed E-state index contributed by atoms with van der Waals surface area (Å²) in [7, 11) is 9.87. The van der Waals surface area contributed by atoms with Crippen molar-refractivity contribution in [1.29, 1.82) is 0 Å². The Hall–Kier alpha value is 0.683. The van der Waals surface area contributed by atoms with Crippen LogP contribution in [0.15, 0.2) is 37.0 Å². The molecule has 0 amide bonds. The van der Waals surface area contributed by atoms with Crippen molar-refractivity contribution in [1.82, 2.24) is 0 Å². The van der Waals surface area contributed by atoms with Crippen molar-refractivity contribution in [3.05, 3.63) is 51.8 Å². The van der Waals surface area contributed by atoms with Crippen LogP contribution in [0, 0.1) is 38.5 Å². The summed E-state index contributed by atoms with van der Waals surface area (Å²) in [5.41, 5.74) is 0. The van der Waals surface area contributed by atoms with Gasteiger partial charge in [0.15, 0.2) is 0 Å². The molecule has 3 rings (SSSR count). The Morgan fingerprint density at radius 2 is 1.63 bits per heavy atom. The first-order valence-electron chi connectivity index (χ1n) is 9.68. The fourth-order valence-electron chi connectivity index (χ4n) is 4.35. The van der Waals surface area contributed by atoms with Gasteiger partial charge in [0.1, 0.15) is 0 Å². The minimum absolute atomic E-state index is 0. The third-order valence-electron chi connectivity index (χ3n) is 5.62.